The third-order valence-electron chi connectivity index (χ3n) is 5.29. The summed E-state index contributed by atoms with van der Waals surface area (Å²) < 4.78 is 26.3. The molecule has 2 heterocycles. The van der Waals surface area contributed by atoms with Gasteiger partial charge in [-0.3, -0.25) is 19.8 Å². The Morgan fingerprint density at radius 2 is 1.65 bits per heavy atom. The van der Waals surface area contributed by atoms with E-state index in [0.29, 0.717) is 28.4 Å². The molecule has 1 aliphatic heterocycles. The average molecular weight is 524 g/mol. The van der Waals surface area contributed by atoms with E-state index in [4.69, 9.17) is 9.15 Å². The van der Waals surface area contributed by atoms with Crippen LogP contribution >= 0.6 is 15.9 Å². The molecule has 10 heteroatoms. The van der Waals surface area contributed by atoms with Crippen LogP contribution in [0, 0.1) is 15.9 Å². The molecule has 1 atom stereocenters. The van der Waals surface area contributed by atoms with Crippen molar-refractivity contribution < 1.29 is 23.3 Å². The van der Waals surface area contributed by atoms with Gasteiger partial charge in [-0.25, -0.2) is 9.37 Å². The van der Waals surface area contributed by atoms with Gasteiger partial charge in [0, 0.05) is 33.4 Å². The fourth-order valence-electron chi connectivity index (χ4n) is 3.66. The molecule has 170 valence electrons. The number of halogens is 2. The molecule has 1 unspecified atom stereocenters. The number of carbonyl (C=O) groups excluding carboxylic acids is 1. The van der Waals surface area contributed by atoms with Crippen molar-refractivity contribution in [1.82, 2.24) is 4.98 Å². The summed E-state index contributed by atoms with van der Waals surface area (Å²) in [5.74, 6) is -0.186. The third kappa shape index (κ3) is 4.09. The zero-order valence-corrected chi connectivity index (χ0v) is 18.9. The summed E-state index contributed by atoms with van der Waals surface area (Å²) in [5, 5.41) is 11.0. The van der Waals surface area contributed by atoms with Crippen LogP contribution in [0.2, 0.25) is 0 Å². The van der Waals surface area contributed by atoms with Crippen LogP contribution in [-0.4, -0.2) is 22.4 Å². The second-order valence-electron chi connectivity index (χ2n) is 7.45. The minimum Gasteiger partial charge on any atom is -0.436 e. The summed E-state index contributed by atoms with van der Waals surface area (Å²) in [4.78, 5) is 29.2. The molecule has 0 bridgehead atoms. The van der Waals surface area contributed by atoms with E-state index in [1.54, 1.807) is 12.1 Å². The highest BCUT2D eigenvalue weighted by Crippen LogP contribution is 2.40. The largest absolute Gasteiger partial charge is 0.436 e. The fourth-order valence-corrected chi connectivity index (χ4v) is 3.93. The molecule has 1 aliphatic rings. The van der Waals surface area contributed by atoms with E-state index in [1.807, 2.05) is 24.3 Å². The van der Waals surface area contributed by atoms with E-state index >= 15 is 0 Å². The number of amides is 1. The first-order valence-corrected chi connectivity index (χ1v) is 10.9. The number of nitro benzene ring substituents is 1. The van der Waals surface area contributed by atoms with Gasteiger partial charge in [-0.1, -0.05) is 15.9 Å². The Balaban J connectivity index is 1.61. The number of oxazole rings is 1. The van der Waals surface area contributed by atoms with Crippen molar-refractivity contribution in [3.63, 3.8) is 0 Å². The second kappa shape index (κ2) is 8.81. The van der Waals surface area contributed by atoms with E-state index in [0.717, 1.165) is 4.47 Å². The zero-order chi connectivity index (χ0) is 23.8. The van der Waals surface area contributed by atoms with E-state index in [9.17, 15) is 19.3 Å². The lowest BCUT2D eigenvalue weighted by atomic mass is 10.1. The fraction of sp³-hybridized carbons (Fsp3) is 0.0833. The van der Waals surface area contributed by atoms with E-state index < -0.39 is 17.0 Å². The molecule has 0 aliphatic carbocycles. The first-order chi connectivity index (χ1) is 16.4. The SMILES string of the molecule is O=C1COC(c2oc(-c3ccc(Br)cc3)nc2-c2ccc(F)cc2)N1c1ccc([N+](=O)[O-])cc1. The van der Waals surface area contributed by atoms with Crippen molar-refractivity contribution in [2.45, 2.75) is 6.23 Å². The Morgan fingerprint density at radius 1 is 1.00 bits per heavy atom. The molecule has 0 radical (unpaired) electrons. The predicted molar refractivity (Wildman–Crippen MR) is 124 cm³/mol. The lowest BCUT2D eigenvalue weighted by Gasteiger charge is -2.22. The van der Waals surface area contributed by atoms with E-state index in [-0.39, 0.29) is 24.0 Å². The Morgan fingerprint density at radius 3 is 2.29 bits per heavy atom. The van der Waals surface area contributed by atoms with Crippen LogP contribution in [0.1, 0.15) is 12.0 Å². The van der Waals surface area contributed by atoms with Crippen molar-refractivity contribution in [3.05, 3.63) is 99.0 Å². The number of aromatic nitrogens is 1. The molecule has 0 saturated carbocycles. The summed E-state index contributed by atoms with van der Waals surface area (Å²) in [6.07, 6.45) is -0.967. The summed E-state index contributed by atoms with van der Waals surface area (Å²) in [6.45, 7) is -0.209. The number of anilines is 1. The zero-order valence-electron chi connectivity index (χ0n) is 17.4. The van der Waals surface area contributed by atoms with Crippen molar-refractivity contribution in [1.29, 1.82) is 0 Å². The molecule has 1 saturated heterocycles. The van der Waals surface area contributed by atoms with Crippen LogP contribution in [0.25, 0.3) is 22.7 Å². The van der Waals surface area contributed by atoms with E-state index in [1.165, 1.54) is 41.3 Å². The molecule has 4 aromatic rings. The van der Waals surface area contributed by atoms with Gasteiger partial charge in [0.15, 0.2) is 12.0 Å². The van der Waals surface area contributed by atoms with E-state index in [2.05, 4.69) is 20.9 Å². The maximum atomic E-state index is 13.6. The molecule has 3 aromatic carbocycles. The highest BCUT2D eigenvalue weighted by Gasteiger charge is 2.39. The van der Waals surface area contributed by atoms with Crippen LogP contribution in [0.5, 0.6) is 0 Å². The van der Waals surface area contributed by atoms with Crippen LogP contribution in [0.3, 0.4) is 0 Å². The molecular weight excluding hydrogens is 509 g/mol. The van der Waals surface area contributed by atoms with Crippen LogP contribution in [0.4, 0.5) is 15.8 Å². The molecule has 1 aromatic heterocycles. The van der Waals surface area contributed by atoms with Crippen molar-refractivity contribution >= 4 is 33.2 Å². The maximum absolute atomic E-state index is 13.6. The average Bonchev–Trinajstić information content (AvgIpc) is 3.44. The minimum absolute atomic E-state index is 0.0999. The molecule has 1 amide bonds. The summed E-state index contributed by atoms with van der Waals surface area (Å²) in [6, 6.07) is 18.6. The van der Waals surface area contributed by atoms with Crippen molar-refractivity contribution in [3.8, 4) is 22.7 Å². The first kappa shape index (κ1) is 21.9. The number of ether oxygens (including phenoxy) is 1. The highest BCUT2D eigenvalue weighted by atomic mass is 79.9. The topological polar surface area (TPSA) is 98.7 Å². The standard InChI is InChI=1S/C24H15BrFN3O5/c25-16-5-1-15(2-6-16)23-27-21(14-3-7-17(26)8-4-14)22(34-23)24-28(20(30)13-33-24)18-9-11-19(12-10-18)29(31)32/h1-12,24H,13H2. The van der Waals surface area contributed by atoms with Gasteiger partial charge in [0.25, 0.3) is 11.6 Å². The molecule has 8 nitrogen and oxygen atoms in total. The van der Waals surface area contributed by atoms with Crippen molar-refractivity contribution in [2.24, 2.45) is 0 Å². The Kier molecular flexibility index (Phi) is 5.68. The minimum atomic E-state index is -0.967. The van der Waals surface area contributed by atoms with Crippen LogP contribution in [0.15, 0.2) is 81.7 Å². The normalized spacial score (nSPS) is 15.6. The Bertz CT molecular complexity index is 1370. The monoisotopic (exact) mass is 523 g/mol. The number of nitrogens with zero attached hydrogens (tertiary/aromatic N) is 3. The first-order valence-electron chi connectivity index (χ1n) is 10.1. The lowest BCUT2D eigenvalue weighted by Crippen LogP contribution is -2.28. The Hall–Kier alpha value is -3.89. The van der Waals surface area contributed by atoms with Gasteiger partial charge < -0.3 is 9.15 Å². The maximum Gasteiger partial charge on any atom is 0.269 e. The lowest BCUT2D eigenvalue weighted by molar-refractivity contribution is -0.384. The number of nitro groups is 1. The van der Waals surface area contributed by atoms with Gasteiger partial charge in [0.05, 0.1) is 4.92 Å². The molecule has 0 spiro atoms. The summed E-state index contributed by atoms with van der Waals surface area (Å²) >= 11 is 3.40. The second-order valence-corrected chi connectivity index (χ2v) is 8.36. The summed E-state index contributed by atoms with van der Waals surface area (Å²) in [7, 11) is 0. The number of non-ortho nitro benzene ring substituents is 1. The van der Waals surface area contributed by atoms with Crippen LogP contribution in [-0.2, 0) is 9.53 Å². The van der Waals surface area contributed by atoms with Crippen LogP contribution < -0.4 is 4.90 Å². The number of hydrogen-bond acceptors (Lipinski definition) is 6. The van der Waals surface area contributed by atoms with Gasteiger partial charge in [-0.15, -0.1) is 0 Å². The quantitative estimate of drug-likeness (QED) is 0.239. The molecular formula is C24H15BrFN3O5. The molecule has 5 rings (SSSR count). The molecule has 1 fully saturated rings. The number of benzene rings is 3. The van der Waals surface area contributed by atoms with Gasteiger partial charge in [0.2, 0.25) is 5.89 Å². The van der Waals surface area contributed by atoms with Gasteiger partial charge in [-0.05, 0) is 60.7 Å². The Labute approximate surface area is 200 Å². The summed E-state index contributed by atoms with van der Waals surface area (Å²) in [5.41, 5.74) is 1.98. The highest BCUT2D eigenvalue weighted by molar-refractivity contribution is 9.10. The van der Waals surface area contributed by atoms with Crippen molar-refractivity contribution in [2.75, 3.05) is 11.5 Å². The predicted octanol–water partition coefficient (Wildman–Crippen LogP) is 5.88. The number of carbonyl (C=O) groups is 1. The smallest absolute Gasteiger partial charge is 0.269 e. The molecule has 0 N–H and O–H groups in total. The third-order valence-corrected chi connectivity index (χ3v) is 5.82. The number of hydrogen-bond donors (Lipinski definition) is 0. The van der Waals surface area contributed by atoms with Gasteiger partial charge in [-0.2, -0.15) is 0 Å². The molecule has 34 heavy (non-hydrogen) atoms. The number of rotatable bonds is 5. The van der Waals surface area contributed by atoms with Gasteiger partial charge in [0.1, 0.15) is 18.1 Å². The van der Waals surface area contributed by atoms with Gasteiger partial charge >= 0.3 is 0 Å².